The molecule has 1 fully saturated rings. The zero-order chi connectivity index (χ0) is 12.4. The molecule has 1 aliphatic rings. The van der Waals surface area contributed by atoms with Crippen LogP contribution in [0.15, 0.2) is 18.2 Å². The molecular weight excluding hydrogens is 244 g/mol. The van der Waals surface area contributed by atoms with Crippen molar-refractivity contribution in [1.29, 1.82) is 0 Å². The van der Waals surface area contributed by atoms with Crippen LogP contribution in [-0.2, 0) is 6.54 Å². The van der Waals surface area contributed by atoms with Crippen molar-refractivity contribution in [2.45, 2.75) is 39.8 Å². The molecule has 1 saturated heterocycles. The Balaban J connectivity index is 0.00000162. The predicted octanol–water partition coefficient (Wildman–Crippen LogP) is 2.89. The van der Waals surface area contributed by atoms with E-state index in [4.69, 9.17) is 5.73 Å². The molecule has 18 heavy (non-hydrogen) atoms. The molecule has 2 rings (SSSR count). The van der Waals surface area contributed by atoms with Crippen LogP contribution >= 0.6 is 12.4 Å². The van der Waals surface area contributed by atoms with Crippen molar-refractivity contribution in [3.8, 4) is 0 Å². The number of aryl methyl sites for hydroxylation is 2. The standard InChI is InChI=1S/C15H24N2.ClH/c1-11-4-5-14(8-12(11)2)10-17-7-6-15(16)13(3)9-17;/h4-5,8,13,15H,6-7,9-10,16H2,1-3H3;1H. The second-order valence-electron chi connectivity index (χ2n) is 5.58. The number of likely N-dealkylation sites (tertiary alicyclic amines) is 1. The van der Waals surface area contributed by atoms with Gasteiger partial charge >= 0.3 is 0 Å². The zero-order valence-electron chi connectivity index (χ0n) is 11.6. The maximum absolute atomic E-state index is 6.05. The average Bonchev–Trinajstić information content (AvgIpc) is 2.29. The van der Waals surface area contributed by atoms with E-state index in [-0.39, 0.29) is 12.4 Å². The average molecular weight is 269 g/mol. The number of hydrogen-bond acceptors (Lipinski definition) is 2. The minimum Gasteiger partial charge on any atom is -0.327 e. The van der Waals surface area contributed by atoms with Crippen molar-refractivity contribution >= 4 is 12.4 Å². The molecule has 3 heteroatoms. The summed E-state index contributed by atoms with van der Waals surface area (Å²) in [6.45, 7) is 9.95. The number of nitrogens with zero attached hydrogens (tertiary/aromatic N) is 1. The fourth-order valence-corrected chi connectivity index (χ4v) is 2.55. The molecule has 0 aliphatic carbocycles. The van der Waals surface area contributed by atoms with Crippen LogP contribution in [0.3, 0.4) is 0 Å². The van der Waals surface area contributed by atoms with Gasteiger partial charge in [0.1, 0.15) is 0 Å². The number of hydrogen-bond donors (Lipinski definition) is 1. The van der Waals surface area contributed by atoms with E-state index in [1.54, 1.807) is 0 Å². The summed E-state index contributed by atoms with van der Waals surface area (Å²) >= 11 is 0. The molecule has 0 radical (unpaired) electrons. The second kappa shape index (κ2) is 6.55. The Morgan fingerprint density at radius 3 is 2.61 bits per heavy atom. The lowest BCUT2D eigenvalue weighted by Crippen LogP contribution is -2.45. The van der Waals surface area contributed by atoms with Crippen molar-refractivity contribution in [2.24, 2.45) is 11.7 Å². The van der Waals surface area contributed by atoms with E-state index >= 15 is 0 Å². The van der Waals surface area contributed by atoms with Gasteiger partial charge in [-0.15, -0.1) is 12.4 Å². The van der Waals surface area contributed by atoms with E-state index in [0.29, 0.717) is 12.0 Å². The molecular formula is C15H25ClN2. The maximum Gasteiger partial charge on any atom is 0.0233 e. The highest BCUT2D eigenvalue weighted by Crippen LogP contribution is 2.18. The van der Waals surface area contributed by atoms with Crippen LogP contribution < -0.4 is 5.73 Å². The van der Waals surface area contributed by atoms with Crippen LogP contribution in [0.4, 0.5) is 0 Å². The summed E-state index contributed by atoms with van der Waals surface area (Å²) in [5.41, 5.74) is 10.2. The topological polar surface area (TPSA) is 29.3 Å². The van der Waals surface area contributed by atoms with Crippen LogP contribution in [0, 0.1) is 19.8 Å². The Bertz CT molecular complexity index is 392. The second-order valence-corrected chi connectivity index (χ2v) is 5.58. The maximum atomic E-state index is 6.05. The van der Waals surface area contributed by atoms with Gasteiger partial charge in [0.2, 0.25) is 0 Å². The summed E-state index contributed by atoms with van der Waals surface area (Å²) in [5.74, 6) is 0.621. The van der Waals surface area contributed by atoms with Crippen molar-refractivity contribution in [3.05, 3.63) is 34.9 Å². The smallest absolute Gasteiger partial charge is 0.0233 e. The third kappa shape index (κ3) is 3.71. The first-order valence-electron chi connectivity index (χ1n) is 6.60. The summed E-state index contributed by atoms with van der Waals surface area (Å²) in [5, 5.41) is 0. The van der Waals surface area contributed by atoms with Gasteiger partial charge in [0.25, 0.3) is 0 Å². The summed E-state index contributed by atoms with van der Waals surface area (Å²) < 4.78 is 0. The first kappa shape index (κ1) is 15.5. The number of piperidine rings is 1. The number of halogens is 1. The summed E-state index contributed by atoms with van der Waals surface area (Å²) in [6.07, 6.45) is 1.13. The minimum absolute atomic E-state index is 0. The fourth-order valence-electron chi connectivity index (χ4n) is 2.55. The summed E-state index contributed by atoms with van der Waals surface area (Å²) in [7, 11) is 0. The normalized spacial score (nSPS) is 24.7. The van der Waals surface area contributed by atoms with Crippen LogP contribution in [0.25, 0.3) is 0 Å². The molecule has 0 saturated carbocycles. The van der Waals surface area contributed by atoms with Gasteiger partial charge < -0.3 is 5.73 Å². The number of benzene rings is 1. The first-order chi connectivity index (χ1) is 8.06. The van der Waals surface area contributed by atoms with E-state index in [0.717, 1.165) is 26.1 Å². The van der Waals surface area contributed by atoms with Crippen LogP contribution in [0.5, 0.6) is 0 Å². The van der Waals surface area contributed by atoms with Gasteiger partial charge in [0, 0.05) is 19.1 Å². The van der Waals surface area contributed by atoms with Crippen molar-refractivity contribution < 1.29 is 0 Å². The summed E-state index contributed by atoms with van der Waals surface area (Å²) in [6, 6.07) is 7.19. The largest absolute Gasteiger partial charge is 0.327 e. The predicted molar refractivity (Wildman–Crippen MR) is 80.2 cm³/mol. The Labute approximate surface area is 117 Å². The first-order valence-corrected chi connectivity index (χ1v) is 6.60. The van der Waals surface area contributed by atoms with Crippen LogP contribution in [0.2, 0.25) is 0 Å². The highest BCUT2D eigenvalue weighted by atomic mass is 35.5. The van der Waals surface area contributed by atoms with Crippen LogP contribution in [-0.4, -0.2) is 24.0 Å². The van der Waals surface area contributed by atoms with E-state index in [2.05, 4.69) is 43.9 Å². The monoisotopic (exact) mass is 268 g/mol. The minimum atomic E-state index is 0. The SMILES string of the molecule is Cc1ccc(CN2CCC(N)C(C)C2)cc1C.Cl. The van der Waals surface area contributed by atoms with Gasteiger partial charge in [-0.3, -0.25) is 4.90 Å². The van der Waals surface area contributed by atoms with E-state index in [1.165, 1.54) is 16.7 Å². The van der Waals surface area contributed by atoms with Crippen molar-refractivity contribution in [3.63, 3.8) is 0 Å². The van der Waals surface area contributed by atoms with Gasteiger partial charge in [-0.25, -0.2) is 0 Å². The van der Waals surface area contributed by atoms with Crippen molar-refractivity contribution in [1.82, 2.24) is 4.90 Å². The Hall–Kier alpha value is -0.570. The van der Waals surface area contributed by atoms with Crippen LogP contribution in [0.1, 0.15) is 30.0 Å². The molecule has 0 aromatic heterocycles. The summed E-state index contributed by atoms with van der Waals surface area (Å²) in [4.78, 5) is 2.53. The molecule has 1 aromatic rings. The third-order valence-electron chi connectivity index (χ3n) is 4.03. The number of rotatable bonds is 2. The zero-order valence-corrected chi connectivity index (χ0v) is 12.5. The molecule has 1 heterocycles. The lowest BCUT2D eigenvalue weighted by atomic mass is 9.94. The van der Waals surface area contributed by atoms with Gasteiger partial charge in [-0.2, -0.15) is 0 Å². The molecule has 2 unspecified atom stereocenters. The van der Waals surface area contributed by atoms with E-state index in [9.17, 15) is 0 Å². The van der Waals surface area contributed by atoms with Gasteiger partial charge in [-0.1, -0.05) is 25.1 Å². The number of nitrogens with two attached hydrogens (primary N) is 1. The molecule has 2 atom stereocenters. The molecule has 2 nitrogen and oxygen atoms in total. The van der Waals surface area contributed by atoms with Crippen molar-refractivity contribution in [2.75, 3.05) is 13.1 Å². The Morgan fingerprint density at radius 1 is 1.28 bits per heavy atom. The fraction of sp³-hybridized carbons (Fsp3) is 0.600. The molecule has 0 amide bonds. The van der Waals surface area contributed by atoms with Gasteiger partial charge in [-0.05, 0) is 49.4 Å². The lowest BCUT2D eigenvalue weighted by Gasteiger charge is -2.35. The molecule has 0 spiro atoms. The quantitative estimate of drug-likeness (QED) is 0.894. The highest BCUT2D eigenvalue weighted by Gasteiger charge is 2.22. The third-order valence-corrected chi connectivity index (χ3v) is 4.03. The Kier molecular flexibility index (Phi) is 5.64. The van der Waals surface area contributed by atoms with E-state index < -0.39 is 0 Å². The van der Waals surface area contributed by atoms with Gasteiger partial charge in [0.05, 0.1) is 0 Å². The molecule has 102 valence electrons. The van der Waals surface area contributed by atoms with Gasteiger partial charge in [0.15, 0.2) is 0 Å². The highest BCUT2D eigenvalue weighted by molar-refractivity contribution is 5.85. The lowest BCUT2D eigenvalue weighted by molar-refractivity contribution is 0.158. The molecule has 2 N–H and O–H groups in total. The Morgan fingerprint density at radius 2 is 2.00 bits per heavy atom. The van der Waals surface area contributed by atoms with E-state index in [1.807, 2.05) is 0 Å². The molecule has 1 aromatic carbocycles. The molecule has 1 aliphatic heterocycles. The molecule has 0 bridgehead atoms.